The van der Waals surface area contributed by atoms with Crippen LogP contribution >= 0.6 is 0 Å². The molecule has 0 aromatic rings. The molecule has 11 heavy (non-hydrogen) atoms. The highest BCUT2D eigenvalue weighted by Gasteiger charge is 2.40. The lowest BCUT2D eigenvalue weighted by molar-refractivity contribution is -0.180. The molecule has 0 saturated heterocycles. The maximum absolute atomic E-state index is 12.1. The predicted molar refractivity (Wildman–Crippen MR) is 36.9 cm³/mol. The number of hydrogen-bond donors (Lipinski definition) is 0. The Hall–Kier alpha value is -0.210. The van der Waals surface area contributed by atoms with Gasteiger partial charge in [-0.15, -0.1) is 0 Å². The van der Waals surface area contributed by atoms with Gasteiger partial charge in [-0.1, -0.05) is 6.92 Å². The van der Waals surface area contributed by atoms with Crippen LogP contribution in [-0.2, 0) is 0 Å². The molecule has 0 unspecified atom stereocenters. The summed E-state index contributed by atoms with van der Waals surface area (Å²) in [5, 5.41) is 0. The van der Waals surface area contributed by atoms with Gasteiger partial charge in [-0.25, -0.2) is 0 Å². The van der Waals surface area contributed by atoms with Gasteiger partial charge in [-0.3, -0.25) is 0 Å². The molecule has 0 aliphatic heterocycles. The van der Waals surface area contributed by atoms with Crippen LogP contribution in [0.4, 0.5) is 13.2 Å². The third kappa shape index (κ3) is 2.38. The zero-order valence-corrected chi connectivity index (χ0v) is 6.54. The van der Waals surface area contributed by atoms with Gasteiger partial charge in [-0.05, 0) is 31.6 Å². The van der Waals surface area contributed by atoms with Crippen LogP contribution in [0.5, 0.6) is 0 Å². The molecule has 0 bridgehead atoms. The Labute approximate surface area is 64.8 Å². The molecule has 0 atom stereocenters. The van der Waals surface area contributed by atoms with Gasteiger partial charge in [0.05, 0.1) is 5.92 Å². The second-order valence-corrected chi connectivity index (χ2v) is 3.27. The predicted octanol–water partition coefficient (Wildman–Crippen LogP) is 3.33. The van der Waals surface area contributed by atoms with Gasteiger partial charge in [0, 0.05) is 0 Å². The first-order chi connectivity index (χ1) is 5.00. The Morgan fingerprint density at radius 3 is 2.00 bits per heavy atom. The minimum Gasteiger partial charge on any atom is -0.171 e. The smallest absolute Gasteiger partial charge is 0.171 e. The summed E-state index contributed by atoms with van der Waals surface area (Å²) in [6.45, 7) is 1.94. The van der Waals surface area contributed by atoms with Crippen molar-refractivity contribution in [3.05, 3.63) is 5.92 Å². The molecule has 0 aromatic carbocycles. The molecule has 65 valence electrons. The lowest BCUT2D eigenvalue weighted by Gasteiger charge is -2.27. The summed E-state index contributed by atoms with van der Waals surface area (Å²) in [5.74, 6) is 0.178. The highest BCUT2D eigenvalue weighted by molar-refractivity contribution is 4.91. The van der Waals surface area contributed by atoms with Gasteiger partial charge in [0.1, 0.15) is 0 Å². The lowest BCUT2D eigenvalue weighted by atomic mass is 9.83. The molecule has 1 radical (unpaired) electrons. The molecule has 1 rings (SSSR count). The van der Waals surface area contributed by atoms with Gasteiger partial charge >= 0.3 is 6.18 Å². The summed E-state index contributed by atoms with van der Waals surface area (Å²) in [7, 11) is 0. The van der Waals surface area contributed by atoms with Crippen molar-refractivity contribution in [2.24, 2.45) is 5.92 Å². The summed E-state index contributed by atoms with van der Waals surface area (Å²) in [5.41, 5.74) is 0. The van der Waals surface area contributed by atoms with Gasteiger partial charge in [-0.2, -0.15) is 13.2 Å². The van der Waals surface area contributed by atoms with Crippen molar-refractivity contribution >= 4 is 0 Å². The first kappa shape index (κ1) is 8.88. The summed E-state index contributed by atoms with van der Waals surface area (Å²) in [4.78, 5) is 0. The van der Waals surface area contributed by atoms with E-state index in [-0.39, 0.29) is 0 Å². The van der Waals surface area contributed by atoms with Crippen LogP contribution in [0.1, 0.15) is 32.6 Å². The Morgan fingerprint density at radius 2 is 1.64 bits per heavy atom. The van der Waals surface area contributed by atoms with Crippen molar-refractivity contribution in [1.82, 2.24) is 0 Å². The Kier molecular flexibility index (Phi) is 2.45. The minimum absolute atomic E-state index is 0.301. The molecule has 0 heterocycles. The van der Waals surface area contributed by atoms with E-state index in [0.717, 1.165) is 0 Å². The maximum atomic E-state index is 12.1. The fourth-order valence-electron chi connectivity index (χ4n) is 1.44. The monoisotopic (exact) mass is 165 g/mol. The van der Waals surface area contributed by atoms with Crippen molar-refractivity contribution in [3.63, 3.8) is 0 Å². The topological polar surface area (TPSA) is 0 Å². The molecule has 0 nitrogen and oxygen atoms in total. The van der Waals surface area contributed by atoms with Crippen LogP contribution in [0.15, 0.2) is 0 Å². The zero-order valence-electron chi connectivity index (χ0n) is 6.54. The van der Waals surface area contributed by atoms with E-state index in [1.807, 2.05) is 6.92 Å². The normalized spacial score (nSPS) is 24.0. The fraction of sp³-hybridized carbons (Fsp3) is 0.875. The first-order valence-corrected chi connectivity index (χ1v) is 3.88. The molecule has 0 aromatic heterocycles. The van der Waals surface area contributed by atoms with E-state index in [2.05, 4.69) is 0 Å². The molecule has 0 amide bonds. The highest BCUT2D eigenvalue weighted by atomic mass is 19.4. The SMILES string of the molecule is C[C]1CCC(C(F)(F)F)CC1. The maximum Gasteiger partial charge on any atom is 0.391 e. The average Bonchev–Trinajstić information content (AvgIpc) is 1.86. The molecular formula is C8H12F3. The van der Waals surface area contributed by atoms with Crippen LogP contribution < -0.4 is 0 Å². The Bertz CT molecular complexity index is 120. The third-order valence-electron chi connectivity index (χ3n) is 2.30. The lowest BCUT2D eigenvalue weighted by Crippen LogP contribution is -2.26. The standard InChI is InChI=1S/C8H12F3/c1-6-2-4-7(5-3-6)8(9,10)11/h7H,2-5H2,1H3. The number of hydrogen-bond acceptors (Lipinski definition) is 0. The van der Waals surface area contributed by atoms with Crippen LogP contribution in [0.3, 0.4) is 0 Å². The molecular weight excluding hydrogens is 153 g/mol. The molecule has 1 saturated carbocycles. The van der Waals surface area contributed by atoms with Gasteiger partial charge in [0.25, 0.3) is 0 Å². The molecule has 1 aliphatic carbocycles. The summed E-state index contributed by atoms with van der Waals surface area (Å²) in [6.07, 6.45) is -2.04. The highest BCUT2D eigenvalue weighted by Crippen LogP contribution is 2.39. The van der Waals surface area contributed by atoms with Crippen molar-refractivity contribution < 1.29 is 13.2 Å². The molecule has 0 N–H and O–H groups in total. The third-order valence-corrected chi connectivity index (χ3v) is 2.30. The zero-order chi connectivity index (χ0) is 8.48. The molecule has 3 heteroatoms. The fourth-order valence-corrected chi connectivity index (χ4v) is 1.44. The van der Waals surface area contributed by atoms with E-state index in [1.165, 1.54) is 5.92 Å². The van der Waals surface area contributed by atoms with Crippen LogP contribution in [-0.4, -0.2) is 6.18 Å². The number of rotatable bonds is 0. The van der Waals surface area contributed by atoms with Crippen molar-refractivity contribution in [3.8, 4) is 0 Å². The summed E-state index contributed by atoms with van der Waals surface area (Å²) in [6, 6.07) is 0. The van der Waals surface area contributed by atoms with Crippen molar-refractivity contribution in [2.45, 2.75) is 38.8 Å². The van der Waals surface area contributed by atoms with Crippen LogP contribution in [0.2, 0.25) is 0 Å². The van der Waals surface area contributed by atoms with Crippen molar-refractivity contribution in [2.75, 3.05) is 0 Å². The van der Waals surface area contributed by atoms with E-state index in [1.54, 1.807) is 0 Å². The minimum atomic E-state index is -3.96. The van der Waals surface area contributed by atoms with E-state index in [0.29, 0.717) is 25.7 Å². The van der Waals surface area contributed by atoms with Crippen LogP contribution in [0.25, 0.3) is 0 Å². The first-order valence-electron chi connectivity index (χ1n) is 3.88. The quantitative estimate of drug-likeness (QED) is 0.516. The number of halogens is 3. The molecule has 1 aliphatic rings. The van der Waals surface area contributed by atoms with E-state index < -0.39 is 12.1 Å². The van der Waals surface area contributed by atoms with Gasteiger partial charge in [0.2, 0.25) is 0 Å². The number of alkyl halides is 3. The summed E-state index contributed by atoms with van der Waals surface area (Å²) >= 11 is 0. The van der Waals surface area contributed by atoms with E-state index >= 15 is 0 Å². The van der Waals surface area contributed by atoms with Gasteiger partial charge < -0.3 is 0 Å². The van der Waals surface area contributed by atoms with Gasteiger partial charge in [0.15, 0.2) is 0 Å². The van der Waals surface area contributed by atoms with E-state index in [4.69, 9.17) is 0 Å². The molecule has 1 fully saturated rings. The van der Waals surface area contributed by atoms with Crippen LogP contribution in [0, 0.1) is 11.8 Å². The van der Waals surface area contributed by atoms with Crippen molar-refractivity contribution in [1.29, 1.82) is 0 Å². The van der Waals surface area contributed by atoms with E-state index in [9.17, 15) is 13.2 Å². The summed E-state index contributed by atoms with van der Waals surface area (Å²) < 4.78 is 36.2. The Balaban J connectivity index is 2.39. The molecule has 0 spiro atoms. The average molecular weight is 165 g/mol. The second kappa shape index (κ2) is 3.03. The largest absolute Gasteiger partial charge is 0.391 e. The second-order valence-electron chi connectivity index (χ2n) is 3.27. The Morgan fingerprint density at radius 1 is 1.18 bits per heavy atom.